The summed E-state index contributed by atoms with van der Waals surface area (Å²) in [6.07, 6.45) is 7.38. The Morgan fingerprint density at radius 1 is 1.38 bits per heavy atom. The highest BCUT2D eigenvalue weighted by Crippen LogP contribution is 2.18. The van der Waals surface area contributed by atoms with Gasteiger partial charge < -0.3 is 16.6 Å². The third-order valence-corrected chi connectivity index (χ3v) is 1.64. The highest BCUT2D eigenvalue weighted by atomic mass is 16.2. The molecule has 0 aromatic carbocycles. The first-order chi connectivity index (χ1) is 6.25. The zero-order valence-electron chi connectivity index (χ0n) is 7.27. The summed E-state index contributed by atoms with van der Waals surface area (Å²) < 4.78 is 0. The summed E-state index contributed by atoms with van der Waals surface area (Å²) in [5.41, 5.74) is 13.0. The van der Waals surface area contributed by atoms with Crippen molar-refractivity contribution in [3.05, 3.63) is 24.0 Å². The van der Waals surface area contributed by atoms with Crippen LogP contribution >= 0.6 is 0 Å². The molecule has 13 heavy (non-hydrogen) atoms. The lowest BCUT2D eigenvalue weighted by Crippen LogP contribution is -1.97. The monoisotopic (exact) mass is 179 g/mol. The summed E-state index contributed by atoms with van der Waals surface area (Å²) in [6, 6.07) is 0. The van der Waals surface area contributed by atoms with E-state index in [1.54, 1.807) is 12.3 Å². The second-order valence-corrected chi connectivity index (χ2v) is 2.65. The third-order valence-electron chi connectivity index (χ3n) is 1.64. The Kier molecular flexibility index (Phi) is 3.28. The first kappa shape index (κ1) is 9.54. The molecule has 5 N–H and O–H groups in total. The zero-order valence-corrected chi connectivity index (χ0v) is 7.27. The van der Waals surface area contributed by atoms with Crippen molar-refractivity contribution in [2.24, 2.45) is 0 Å². The molecule has 0 aliphatic carbocycles. The van der Waals surface area contributed by atoms with E-state index in [1.807, 2.05) is 6.08 Å². The van der Waals surface area contributed by atoms with Crippen LogP contribution in [-0.2, 0) is 0 Å². The van der Waals surface area contributed by atoms with Crippen molar-refractivity contribution in [3.8, 4) is 0 Å². The molecule has 0 saturated heterocycles. The number of aromatic nitrogens is 1. The number of aliphatic hydroxyl groups excluding tert-OH is 1. The second-order valence-electron chi connectivity index (χ2n) is 2.65. The van der Waals surface area contributed by atoms with Gasteiger partial charge in [-0.2, -0.15) is 0 Å². The zero-order chi connectivity index (χ0) is 9.68. The standard InChI is InChI=1S/C9H13N3O/c10-8-6-12-5-7(9(8)11)3-1-2-4-13/h1,3,5-6,13H,2,4,10H2,(H2,11,12). The minimum atomic E-state index is 0.131. The van der Waals surface area contributed by atoms with E-state index in [9.17, 15) is 0 Å². The quantitative estimate of drug-likeness (QED) is 0.635. The molecule has 0 aliphatic heterocycles. The van der Waals surface area contributed by atoms with E-state index >= 15 is 0 Å². The molecular formula is C9H13N3O. The minimum absolute atomic E-state index is 0.131. The van der Waals surface area contributed by atoms with Crippen LogP contribution in [0.15, 0.2) is 18.5 Å². The van der Waals surface area contributed by atoms with Gasteiger partial charge >= 0.3 is 0 Å². The lowest BCUT2D eigenvalue weighted by molar-refractivity contribution is 0.303. The fourth-order valence-corrected chi connectivity index (χ4v) is 0.921. The summed E-state index contributed by atoms with van der Waals surface area (Å²) >= 11 is 0. The van der Waals surface area contributed by atoms with Crippen molar-refractivity contribution < 1.29 is 5.11 Å². The van der Waals surface area contributed by atoms with Crippen LogP contribution in [0.3, 0.4) is 0 Å². The molecule has 70 valence electrons. The number of aliphatic hydroxyl groups is 1. The molecule has 4 heteroatoms. The van der Waals surface area contributed by atoms with Crippen molar-refractivity contribution in [2.45, 2.75) is 6.42 Å². The summed E-state index contributed by atoms with van der Waals surface area (Å²) in [7, 11) is 0. The van der Waals surface area contributed by atoms with Crippen molar-refractivity contribution in [3.63, 3.8) is 0 Å². The first-order valence-electron chi connectivity index (χ1n) is 4.02. The molecular weight excluding hydrogens is 166 g/mol. The maximum Gasteiger partial charge on any atom is 0.0740 e. The maximum atomic E-state index is 8.55. The van der Waals surface area contributed by atoms with Gasteiger partial charge in [0.2, 0.25) is 0 Å². The molecule has 0 unspecified atom stereocenters. The van der Waals surface area contributed by atoms with Gasteiger partial charge in [0.15, 0.2) is 0 Å². The summed E-state index contributed by atoms with van der Waals surface area (Å²) in [5, 5.41) is 8.55. The Morgan fingerprint density at radius 3 is 2.85 bits per heavy atom. The predicted octanol–water partition coefficient (Wildman–Crippen LogP) is 0.642. The first-order valence-corrected chi connectivity index (χ1v) is 4.02. The van der Waals surface area contributed by atoms with E-state index in [4.69, 9.17) is 16.6 Å². The molecule has 1 heterocycles. The van der Waals surface area contributed by atoms with E-state index in [0.717, 1.165) is 5.56 Å². The number of nitrogens with zero attached hydrogens (tertiary/aromatic N) is 1. The van der Waals surface area contributed by atoms with Gasteiger partial charge in [0, 0.05) is 18.4 Å². The van der Waals surface area contributed by atoms with Crippen molar-refractivity contribution in [2.75, 3.05) is 18.1 Å². The molecule has 4 nitrogen and oxygen atoms in total. The lowest BCUT2D eigenvalue weighted by Gasteiger charge is -2.01. The fraction of sp³-hybridized carbons (Fsp3) is 0.222. The summed E-state index contributed by atoms with van der Waals surface area (Å²) in [4.78, 5) is 3.91. The van der Waals surface area contributed by atoms with Crippen LogP contribution in [0, 0.1) is 0 Å². The van der Waals surface area contributed by atoms with Crippen LogP contribution in [-0.4, -0.2) is 16.7 Å². The average Bonchev–Trinajstić information content (AvgIpc) is 2.13. The Morgan fingerprint density at radius 2 is 2.15 bits per heavy atom. The predicted molar refractivity (Wildman–Crippen MR) is 53.8 cm³/mol. The Labute approximate surface area is 76.9 Å². The number of hydrogen-bond donors (Lipinski definition) is 3. The van der Waals surface area contributed by atoms with E-state index < -0.39 is 0 Å². The number of nitrogens with two attached hydrogens (primary N) is 2. The SMILES string of the molecule is Nc1cncc(C=CCCO)c1N. The normalized spacial score (nSPS) is 10.8. The summed E-state index contributed by atoms with van der Waals surface area (Å²) in [5.74, 6) is 0. The van der Waals surface area contributed by atoms with E-state index in [-0.39, 0.29) is 6.61 Å². The van der Waals surface area contributed by atoms with Gasteiger partial charge in [0.05, 0.1) is 17.6 Å². The molecule has 0 radical (unpaired) electrons. The number of nitrogen functional groups attached to an aromatic ring is 2. The molecule has 0 aliphatic rings. The number of pyridine rings is 1. The largest absolute Gasteiger partial charge is 0.396 e. The van der Waals surface area contributed by atoms with Crippen LogP contribution in [0.1, 0.15) is 12.0 Å². The molecule has 1 rings (SSSR count). The van der Waals surface area contributed by atoms with Crippen molar-refractivity contribution in [1.82, 2.24) is 4.98 Å². The topological polar surface area (TPSA) is 85.2 Å². The molecule has 0 saturated carbocycles. The van der Waals surface area contributed by atoms with E-state index in [2.05, 4.69) is 4.98 Å². The maximum absolute atomic E-state index is 8.55. The van der Waals surface area contributed by atoms with Crippen LogP contribution < -0.4 is 11.5 Å². The second kappa shape index (κ2) is 4.47. The van der Waals surface area contributed by atoms with Crippen LogP contribution in [0.25, 0.3) is 6.08 Å². The van der Waals surface area contributed by atoms with Gasteiger partial charge in [-0.25, -0.2) is 0 Å². The van der Waals surface area contributed by atoms with Crippen LogP contribution in [0.2, 0.25) is 0 Å². The molecule has 1 aromatic heterocycles. The molecule has 0 fully saturated rings. The average molecular weight is 179 g/mol. The summed E-state index contributed by atoms with van der Waals surface area (Å²) in [6.45, 7) is 0.131. The van der Waals surface area contributed by atoms with E-state index in [1.165, 1.54) is 6.20 Å². The Bertz CT molecular complexity index is 310. The van der Waals surface area contributed by atoms with Gasteiger partial charge in [0.1, 0.15) is 0 Å². The highest BCUT2D eigenvalue weighted by Gasteiger charge is 1.98. The van der Waals surface area contributed by atoms with Gasteiger partial charge in [-0.1, -0.05) is 12.2 Å². The molecule has 0 amide bonds. The van der Waals surface area contributed by atoms with Gasteiger partial charge in [-0.3, -0.25) is 4.98 Å². The molecule has 0 spiro atoms. The number of hydrogen-bond acceptors (Lipinski definition) is 4. The number of rotatable bonds is 3. The molecule has 0 atom stereocenters. The lowest BCUT2D eigenvalue weighted by atomic mass is 10.2. The van der Waals surface area contributed by atoms with Crippen LogP contribution in [0.5, 0.6) is 0 Å². The van der Waals surface area contributed by atoms with Crippen molar-refractivity contribution >= 4 is 17.5 Å². The Balaban J connectivity index is 2.83. The molecule has 0 bridgehead atoms. The minimum Gasteiger partial charge on any atom is -0.396 e. The smallest absolute Gasteiger partial charge is 0.0740 e. The number of anilines is 2. The van der Waals surface area contributed by atoms with Crippen LogP contribution in [0.4, 0.5) is 11.4 Å². The van der Waals surface area contributed by atoms with Gasteiger partial charge in [0.25, 0.3) is 0 Å². The molecule has 1 aromatic rings. The van der Waals surface area contributed by atoms with Gasteiger partial charge in [-0.05, 0) is 6.42 Å². The fourth-order valence-electron chi connectivity index (χ4n) is 0.921. The van der Waals surface area contributed by atoms with E-state index in [0.29, 0.717) is 17.8 Å². The highest BCUT2D eigenvalue weighted by molar-refractivity contribution is 5.74. The third kappa shape index (κ3) is 2.45. The van der Waals surface area contributed by atoms with Crippen molar-refractivity contribution in [1.29, 1.82) is 0 Å². The Hall–Kier alpha value is -1.55. The van der Waals surface area contributed by atoms with Gasteiger partial charge in [-0.15, -0.1) is 0 Å².